The molecule has 3 aromatic rings. The predicted molar refractivity (Wildman–Crippen MR) is 150 cm³/mol. The van der Waals surface area contributed by atoms with E-state index in [4.69, 9.17) is 32.7 Å². The fraction of sp³-hybridized carbons (Fsp3) is 0.333. The zero-order chi connectivity index (χ0) is 27.1. The summed E-state index contributed by atoms with van der Waals surface area (Å²) in [5, 5.41) is 3.99. The van der Waals surface area contributed by atoms with Gasteiger partial charge in [0.05, 0.1) is 0 Å². The van der Waals surface area contributed by atoms with Gasteiger partial charge in [-0.2, -0.15) is 0 Å². The van der Waals surface area contributed by atoms with E-state index in [9.17, 15) is 9.59 Å². The monoisotopic (exact) mass is 554 g/mol. The average Bonchev–Trinajstić information content (AvgIpc) is 3.37. The van der Waals surface area contributed by atoms with Crippen LogP contribution in [0.15, 0.2) is 66.7 Å². The Morgan fingerprint density at radius 2 is 1.71 bits per heavy atom. The van der Waals surface area contributed by atoms with Crippen LogP contribution in [0.4, 0.5) is 0 Å². The van der Waals surface area contributed by atoms with Gasteiger partial charge in [-0.25, -0.2) is 0 Å². The normalized spacial score (nSPS) is 12.9. The van der Waals surface area contributed by atoms with E-state index in [2.05, 4.69) is 5.32 Å². The summed E-state index contributed by atoms with van der Waals surface area (Å²) in [5.74, 6) is 1.31. The van der Waals surface area contributed by atoms with Crippen LogP contribution in [0.5, 0.6) is 11.5 Å². The highest BCUT2D eigenvalue weighted by atomic mass is 35.5. The molecular formula is C30H32Cl2N2O4. The van der Waals surface area contributed by atoms with Crippen LogP contribution >= 0.6 is 23.2 Å². The molecule has 0 saturated heterocycles. The van der Waals surface area contributed by atoms with Gasteiger partial charge in [-0.1, -0.05) is 79.5 Å². The lowest BCUT2D eigenvalue weighted by molar-refractivity contribution is -0.141. The second kappa shape index (κ2) is 13.0. The van der Waals surface area contributed by atoms with E-state index in [0.717, 1.165) is 16.7 Å². The number of nitrogens with zero attached hydrogens (tertiary/aromatic N) is 1. The maximum atomic E-state index is 13.8. The summed E-state index contributed by atoms with van der Waals surface area (Å²) >= 11 is 12.6. The summed E-state index contributed by atoms with van der Waals surface area (Å²) in [6.07, 6.45) is 1.09. The molecule has 0 radical (unpaired) electrons. The number of rotatable bonds is 11. The van der Waals surface area contributed by atoms with Crippen molar-refractivity contribution >= 4 is 35.0 Å². The van der Waals surface area contributed by atoms with Crippen LogP contribution in [-0.2, 0) is 29.0 Å². The molecule has 0 fully saturated rings. The van der Waals surface area contributed by atoms with Crippen LogP contribution in [0, 0.1) is 5.92 Å². The van der Waals surface area contributed by atoms with Gasteiger partial charge in [-0.3, -0.25) is 9.59 Å². The fourth-order valence-corrected chi connectivity index (χ4v) is 4.77. The van der Waals surface area contributed by atoms with E-state index < -0.39 is 6.04 Å². The molecule has 0 spiro atoms. The first kappa shape index (κ1) is 27.8. The molecule has 1 aliphatic heterocycles. The molecule has 1 atom stereocenters. The van der Waals surface area contributed by atoms with E-state index in [1.807, 2.05) is 62.4 Å². The third kappa shape index (κ3) is 7.42. The number of halogens is 2. The molecule has 0 saturated carbocycles. The van der Waals surface area contributed by atoms with Crippen LogP contribution in [0.1, 0.15) is 37.0 Å². The molecule has 1 heterocycles. The van der Waals surface area contributed by atoms with Gasteiger partial charge in [0.2, 0.25) is 18.6 Å². The van der Waals surface area contributed by atoms with E-state index in [-0.39, 0.29) is 37.5 Å². The molecule has 2 amide bonds. The highest BCUT2D eigenvalue weighted by Crippen LogP contribution is 2.33. The zero-order valence-electron chi connectivity index (χ0n) is 21.6. The van der Waals surface area contributed by atoms with Crippen LogP contribution in [0.25, 0.3) is 0 Å². The molecule has 4 rings (SSSR count). The first-order valence-corrected chi connectivity index (χ1v) is 13.5. The lowest BCUT2D eigenvalue weighted by Gasteiger charge is -2.32. The Balaban J connectivity index is 1.61. The molecule has 0 bridgehead atoms. The molecule has 8 heteroatoms. The van der Waals surface area contributed by atoms with Crippen molar-refractivity contribution in [2.75, 3.05) is 13.3 Å². The third-order valence-electron chi connectivity index (χ3n) is 6.38. The largest absolute Gasteiger partial charge is 0.454 e. The Morgan fingerprint density at radius 1 is 0.947 bits per heavy atom. The number of hydrogen-bond acceptors (Lipinski definition) is 4. The Morgan fingerprint density at radius 3 is 2.45 bits per heavy atom. The number of ether oxygens (including phenoxy) is 2. The van der Waals surface area contributed by atoms with E-state index in [0.29, 0.717) is 40.9 Å². The fourth-order valence-electron chi connectivity index (χ4n) is 4.30. The number of fused-ring (bicyclic) bond motifs is 1. The number of hydrogen-bond donors (Lipinski definition) is 1. The maximum absolute atomic E-state index is 13.8. The summed E-state index contributed by atoms with van der Waals surface area (Å²) in [7, 11) is 0. The minimum absolute atomic E-state index is 0.144. The first-order valence-electron chi connectivity index (χ1n) is 12.7. The van der Waals surface area contributed by atoms with Gasteiger partial charge in [0.25, 0.3) is 0 Å². The molecule has 1 N–H and O–H groups in total. The van der Waals surface area contributed by atoms with Gasteiger partial charge in [-0.15, -0.1) is 0 Å². The Hall–Kier alpha value is -3.22. The predicted octanol–water partition coefficient (Wildman–Crippen LogP) is 6.07. The van der Waals surface area contributed by atoms with Gasteiger partial charge in [0.15, 0.2) is 11.5 Å². The molecule has 38 heavy (non-hydrogen) atoms. The van der Waals surface area contributed by atoms with Crippen molar-refractivity contribution < 1.29 is 19.1 Å². The highest BCUT2D eigenvalue weighted by Gasteiger charge is 2.31. The van der Waals surface area contributed by atoms with Crippen molar-refractivity contribution in [1.29, 1.82) is 0 Å². The SMILES string of the molecule is CC(C)CNC(=O)[C@H](Cc1ccccc1)N(Cc1ccc(Cl)cc1Cl)C(=O)CCc1ccc2c(c1)OCO2. The number of carbonyl (C=O) groups excluding carboxylic acids is 2. The smallest absolute Gasteiger partial charge is 0.243 e. The Kier molecular flexibility index (Phi) is 9.53. The minimum Gasteiger partial charge on any atom is -0.454 e. The molecule has 6 nitrogen and oxygen atoms in total. The van der Waals surface area contributed by atoms with E-state index in [1.54, 1.807) is 23.1 Å². The maximum Gasteiger partial charge on any atom is 0.243 e. The quantitative estimate of drug-likeness (QED) is 0.312. The van der Waals surface area contributed by atoms with E-state index in [1.165, 1.54) is 0 Å². The van der Waals surface area contributed by atoms with Crippen molar-refractivity contribution in [2.45, 2.75) is 45.7 Å². The highest BCUT2D eigenvalue weighted by molar-refractivity contribution is 6.35. The van der Waals surface area contributed by atoms with Crippen LogP contribution in [0.3, 0.4) is 0 Å². The van der Waals surface area contributed by atoms with Gasteiger partial charge in [0, 0.05) is 36.0 Å². The lowest BCUT2D eigenvalue weighted by atomic mass is 10.0. The summed E-state index contributed by atoms with van der Waals surface area (Å²) in [4.78, 5) is 29.0. The van der Waals surface area contributed by atoms with Gasteiger partial charge < -0.3 is 19.7 Å². The zero-order valence-corrected chi connectivity index (χ0v) is 23.1. The molecule has 0 unspecified atom stereocenters. The number of benzene rings is 3. The Bertz CT molecular complexity index is 1270. The molecular weight excluding hydrogens is 523 g/mol. The summed E-state index contributed by atoms with van der Waals surface area (Å²) in [6, 6.07) is 19.9. The van der Waals surface area contributed by atoms with E-state index >= 15 is 0 Å². The molecule has 0 aliphatic carbocycles. The molecule has 200 valence electrons. The second-order valence-electron chi connectivity index (χ2n) is 9.79. The lowest BCUT2D eigenvalue weighted by Crippen LogP contribution is -2.51. The topological polar surface area (TPSA) is 67.9 Å². The van der Waals surface area contributed by atoms with Gasteiger partial charge in [-0.05, 0) is 53.3 Å². The van der Waals surface area contributed by atoms with Crippen LogP contribution in [0.2, 0.25) is 10.0 Å². The summed E-state index contributed by atoms with van der Waals surface area (Å²) in [5.41, 5.74) is 2.64. The van der Waals surface area contributed by atoms with Crippen LogP contribution < -0.4 is 14.8 Å². The number of aryl methyl sites for hydroxylation is 1. The van der Waals surface area contributed by atoms with Crippen molar-refractivity contribution in [3.05, 3.63) is 93.5 Å². The molecule has 1 aliphatic rings. The number of nitrogens with one attached hydrogen (secondary N) is 1. The van der Waals surface area contributed by atoms with Gasteiger partial charge in [0.1, 0.15) is 6.04 Å². The van der Waals surface area contributed by atoms with Gasteiger partial charge >= 0.3 is 0 Å². The standard InChI is InChI=1S/C30H32Cl2N2O4/c1-20(2)17-33-30(36)26(14-21-6-4-3-5-7-21)34(18-23-10-11-24(31)16-25(23)32)29(35)13-9-22-8-12-27-28(15-22)38-19-37-27/h3-8,10-12,15-16,20,26H,9,13-14,17-19H2,1-2H3,(H,33,36)/t26-/m0/s1. The Labute approximate surface area is 233 Å². The van der Waals surface area contributed by atoms with Crippen molar-refractivity contribution in [1.82, 2.24) is 10.2 Å². The third-order valence-corrected chi connectivity index (χ3v) is 6.96. The second-order valence-corrected chi connectivity index (χ2v) is 10.6. The average molecular weight is 556 g/mol. The number of amides is 2. The number of carbonyl (C=O) groups is 2. The summed E-state index contributed by atoms with van der Waals surface area (Å²) < 4.78 is 10.9. The minimum atomic E-state index is -0.716. The van der Waals surface area contributed by atoms with Crippen LogP contribution in [-0.4, -0.2) is 36.1 Å². The van der Waals surface area contributed by atoms with Crippen molar-refractivity contribution in [3.8, 4) is 11.5 Å². The molecule has 0 aromatic heterocycles. The first-order chi connectivity index (χ1) is 18.3. The summed E-state index contributed by atoms with van der Waals surface area (Å²) in [6.45, 7) is 4.97. The van der Waals surface area contributed by atoms with Crippen molar-refractivity contribution in [2.24, 2.45) is 5.92 Å². The molecule has 3 aromatic carbocycles. The van der Waals surface area contributed by atoms with Crippen molar-refractivity contribution in [3.63, 3.8) is 0 Å².